The van der Waals surface area contributed by atoms with Gasteiger partial charge in [0.25, 0.3) is 5.91 Å². The van der Waals surface area contributed by atoms with E-state index in [-0.39, 0.29) is 23.9 Å². The fourth-order valence-electron chi connectivity index (χ4n) is 3.37. The molecular formula is C18H21N3O3. The van der Waals surface area contributed by atoms with Crippen LogP contribution in [0.15, 0.2) is 36.9 Å². The van der Waals surface area contributed by atoms with Gasteiger partial charge in [-0.1, -0.05) is 6.58 Å². The molecule has 1 aromatic rings. The number of carbonyl (C=O) groups excluding carboxylic acids is 3. The number of amides is 3. The summed E-state index contributed by atoms with van der Waals surface area (Å²) >= 11 is 0. The van der Waals surface area contributed by atoms with E-state index in [1.165, 1.54) is 11.0 Å². The number of fused-ring (bicyclic) bond motifs is 1. The van der Waals surface area contributed by atoms with Crippen LogP contribution >= 0.6 is 0 Å². The van der Waals surface area contributed by atoms with Crippen molar-refractivity contribution in [3.63, 3.8) is 0 Å². The summed E-state index contributed by atoms with van der Waals surface area (Å²) in [6.07, 6.45) is 3.30. The van der Waals surface area contributed by atoms with Gasteiger partial charge in [-0.2, -0.15) is 0 Å². The molecule has 6 heteroatoms. The van der Waals surface area contributed by atoms with Crippen molar-refractivity contribution < 1.29 is 14.4 Å². The molecule has 2 fully saturated rings. The smallest absolute Gasteiger partial charge is 0.255 e. The molecule has 2 saturated heterocycles. The Morgan fingerprint density at radius 2 is 1.96 bits per heavy atom. The summed E-state index contributed by atoms with van der Waals surface area (Å²) in [5, 5.41) is 0. The van der Waals surface area contributed by atoms with E-state index in [0.29, 0.717) is 24.2 Å². The zero-order valence-electron chi connectivity index (χ0n) is 13.8. The first-order chi connectivity index (χ1) is 11.5. The van der Waals surface area contributed by atoms with Gasteiger partial charge in [0.1, 0.15) is 6.17 Å². The second-order valence-electron chi connectivity index (χ2n) is 6.11. The molecule has 2 aliphatic heterocycles. The molecule has 1 unspecified atom stereocenters. The molecule has 3 amide bonds. The first-order valence-corrected chi connectivity index (χ1v) is 8.13. The number of likely N-dealkylation sites (N-methyl/N-ethyl adjacent to an activating group) is 1. The van der Waals surface area contributed by atoms with E-state index in [1.54, 1.807) is 36.2 Å². The van der Waals surface area contributed by atoms with Crippen molar-refractivity contribution in [3.8, 4) is 0 Å². The monoisotopic (exact) mass is 327 g/mol. The van der Waals surface area contributed by atoms with E-state index in [4.69, 9.17) is 0 Å². The number of carbonyl (C=O) groups is 3. The molecule has 0 aromatic heterocycles. The van der Waals surface area contributed by atoms with Crippen LogP contribution in [0.3, 0.4) is 0 Å². The first-order valence-electron chi connectivity index (χ1n) is 8.13. The van der Waals surface area contributed by atoms with Crippen molar-refractivity contribution in [2.45, 2.75) is 25.4 Å². The van der Waals surface area contributed by atoms with E-state index >= 15 is 0 Å². The average molecular weight is 327 g/mol. The van der Waals surface area contributed by atoms with Gasteiger partial charge in [0.15, 0.2) is 0 Å². The van der Waals surface area contributed by atoms with Gasteiger partial charge in [0.2, 0.25) is 11.8 Å². The van der Waals surface area contributed by atoms with Gasteiger partial charge in [0, 0.05) is 37.8 Å². The minimum Gasteiger partial charge on any atom is -0.322 e. The highest BCUT2D eigenvalue weighted by Gasteiger charge is 2.39. The molecule has 3 rings (SSSR count). The zero-order valence-corrected chi connectivity index (χ0v) is 13.8. The Balaban J connectivity index is 1.77. The third-order valence-corrected chi connectivity index (χ3v) is 4.74. The summed E-state index contributed by atoms with van der Waals surface area (Å²) in [6.45, 7) is 4.67. The number of hydrogen-bond acceptors (Lipinski definition) is 3. The highest BCUT2D eigenvalue weighted by molar-refractivity contribution is 6.01. The largest absolute Gasteiger partial charge is 0.322 e. The van der Waals surface area contributed by atoms with Crippen molar-refractivity contribution in [1.82, 2.24) is 9.80 Å². The van der Waals surface area contributed by atoms with Gasteiger partial charge >= 0.3 is 0 Å². The van der Waals surface area contributed by atoms with Crippen LogP contribution in [0.2, 0.25) is 0 Å². The fourth-order valence-corrected chi connectivity index (χ4v) is 3.37. The Labute approximate surface area is 141 Å². The maximum Gasteiger partial charge on any atom is 0.255 e. The fraction of sp³-hybridized carbons (Fsp3) is 0.389. The number of rotatable bonds is 3. The van der Waals surface area contributed by atoms with Gasteiger partial charge in [0.05, 0.1) is 0 Å². The SMILES string of the molecule is C=CC(=O)N(C)c1ccc(C(=O)N2CCC(=O)N3CCCC32)cc1. The van der Waals surface area contributed by atoms with Gasteiger partial charge in [-0.15, -0.1) is 0 Å². The lowest BCUT2D eigenvalue weighted by molar-refractivity contribution is -0.139. The van der Waals surface area contributed by atoms with E-state index in [1.807, 2.05) is 4.90 Å². The Morgan fingerprint density at radius 1 is 1.25 bits per heavy atom. The second-order valence-corrected chi connectivity index (χ2v) is 6.11. The van der Waals surface area contributed by atoms with Crippen LogP contribution in [0.5, 0.6) is 0 Å². The van der Waals surface area contributed by atoms with Gasteiger partial charge < -0.3 is 14.7 Å². The lowest BCUT2D eigenvalue weighted by atomic mass is 10.1. The van der Waals surface area contributed by atoms with Crippen molar-refractivity contribution in [2.75, 3.05) is 25.0 Å². The molecule has 0 saturated carbocycles. The molecule has 0 spiro atoms. The Bertz CT molecular complexity index is 683. The standard InChI is InChI=1S/C18H21N3O3/c1-3-16(22)19(2)14-8-6-13(7-9-14)18(24)21-12-10-17(23)20-11-4-5-15(20)21/h3,6-9,15H,1,4-5,10-12H2,2H3. The van der Waals surface area contributed by atoms with Crippen LogP contribution in [0, 0.1) is 0 Å². The van der Waals surface area contributed by atoms with Crippen molar-refractivity contribution >= 4 is 23.4 Å². The number of hydrogen-bond donors (Lipinski definition) is 0. The average Bonchev–Trinajstić information content (AvgIpc) is 3.11. The van der Waals surface area contributed by atoms with E-state index in [2.05, 4.69) is 6.58 Å². The molecule has 6 nitrogen and oxygen atoms in total. The minimum absolute atomic E-state index is 0.0661. The highest BCUT2D eigenvalue weighted by atomic mass is 16.2. The third-order valence-electron chi connectivity index (χ3n) is 4.74. The Morgan fingerprint density at radius 3 is 2.62 bits per heavy atom. The molecule has 24 heavy (non-hydrogen) atoms. The number of anilines is 1. The zero-order chi connectivity index (χ0) is 17.3. The quantitative estimate of drug-likeness (QED) is 0.793. The molecule has 0 N–H and O–H groups in total. The van der Waals surface area contributed by atoms with Crippen molar-refractivity contribution in [3.05, 3.63) is 42.5 Å². The van der Waals surface area contributed by atoms with Crippen LogP contribution in [0.4, 0.5) is 5.69 Å². The van der Waals surface area contributed by atoms with Gasteiger partial charge in [-0.05, 0) is 43.2 Å². The maximum absolute atomic E-state index is 12.8. The Kier molecular flexibility index (Phi) is 4.38. The van der Waals surface area contributed by atoms with Crippen LogP contribution in [-0.2, 0) is 9.59 Å². The molecule has 0 radical (unpaired) electrons. The van der Waals surface area contributed by atoms with Crippen molar-refractivity contribution in [1.29, 1.82) is 0 Å². The molecular weight excluding hydrogens is 306 g/mol. The summed E-state index contributed by atoms with van der Waals surface area (Å²) in [5.74, 6) is -0.129. The molecule has 1 aromatic carbocycles. The molecule has 126 valence electrons. The molecule has 0 bridgehead atoms. The summed E-state index contributed by atoms with van der Waals surface area (Å²) in [7, 11) is 1.66. The summed E-state index contributed by atoms with van der Waals surface area (Å²) in [4.78, 5) is 41.5. The molecule has 1 atom stereocenters. The summed E-state index contributed by atoms with van der Waals surface area (Å²) in [5.41, 5.74) is 1.27. The lowest BCUT2D eigenvalue weighted by Crippen LogP contribution is -2.55. The van der Waals surface area contributed by atoms with Crippen LogP contribution in [0.25, 0.3) is 0 Å². The first kappa shape index (κ1) is 16.2. The van der Waals surface area contributed by atoms with Crippen LogP contribution in [-0.4, -0.2) is 53.8 Å². The predicted molar refractivity (Wildman–Crippen MR) is 90.4 cm³/mol. The van der Waals surface area contributed by atoms with E-state index in [0.717, 1.165) is 19.4 Å². The normalized spacial score (nSPS) is 19.9. The lowest BCUT2D eigenvalue weighted by Gasteiger charge is -2.39. The second kappa shape index (κ2) is 6.47. The van der Waals surface area contributed by atoms with Crippen LogP contribution < -0.4 is 4.90 Å². The third kappa shape index (κ3) is 2.79. The topological polar surface area (TPSA) is 60.9 Å². The maximum atomic E-state index is 12.8. The van der Waals surface area contributed by atoms with E-state index in [9.17, 15) is 14.4 Å². The highest BCUT2D eigenvalue weighted by Crippen LogP contribution is 2.27. The Hall–Kier alpha value is -2.63. The minimum atomic E-state index is -0.204. The predicted octanol–water partition coefficient (Wildman–Crippen LogP) is 1.63. The summed E-state index contributed by atoms with van der Waals surface area (Å²) < 4.78 is 0. The van der Waals surface area contributed by atoms with E-state index < -0.39 is 0 Å². The molecule has 2 aliphatic rings. The van der Waals surface area contributed by atoms with Crippen molar-refractivity contribution in [2.24, 2.45) is 0 Å². The van der Waals surface area contributed by atoms with Crippen LogP contribution in [0.1, 0.15) is 29.6 Å². The number of nitrogens with zero attached hydrogens (tertiary/aromatic N) is 3. The molecule has 2 heterocycles. The summed E-state index contributed by atoms with van der Waals surface area (Å²) in [6, 6.07) is 6.94. The molecule has 0 aliphatic carbocycles. The van der Waals surface area contributed by atoms with Gasteiger partial charge in [-0.3, -0.25) is 14.4 Å². The number of benzene rings is 1. The van der Waals surface area contributed by atoms with Gasteiger partial charge in [-0.25, -0.2) is 0 Å².